The molecule has 4 rings (SSSR count). The van der Waals surface area contributed by atoms with Crippen molar-refractivity contribution in [3.63, 3.8) is 0 Å². The maximum Gasteiger partial charge on any atom is 0.151 e. The van der Waals surface area contributed by atoms with E-state index in [9.17, 15) is 0 Å². The fourth-order valence-corrected chi connectivity index (χ4v) is 4.25. The molecule has 4 N–H and O–H groups in total. The maximum absolute atomic E-state index is 6.13. The first-order chi connectivity index (χ1) is 12.2. The van der Waals surface area contributed by atoms with Gasteiger partial charge < -0.3 is 11.5 Å². The van der Waals surface area contributed by atoms with Crippen molar-refractivity contribution in [2.75, 3.05) is 5.73 Å². The third-order valence-electron chi connectivity index (χ3n) is 4.38. The predicted molar refractivity (Wildman–Crippen MR) is 107 cm³/mol. The molecule has 2 aromatic heterocycles. The van der Waals surface area contributed by atoms with Crippen LogP contribution in [0, 0.1) is 0 Å². The normalized spacial score (nSPS) is 11.4. The predicted octanol–water partition coefficient (Wildman–Crippen LogP) is 4.50. The molecular formula is C20H20N4S. The summed E-state index contributed by atoms with van der Waals surface area (Å²) in [5.74, 6) is 0.515. The van der Waals surface area contributed by atoms with Gasteiger partial charge in [0.05, 0.1) is 15.2 Å². The summed E-state index contributed by atoms with van der Waals surface area (Å²) in [6, 6.07) is 14.7. The molecule has 0 atom stereocenters. The van der Waals surface area contributed by atoms with E-state index >= 15 is 0 Å². The average molecular weight is 348 g/mol. The molecule has 0 aliphatic heterocycles. The average Bonchev–Trinajstić information content (AvgIpc) is 3.07. The van der Waals surface area contributed by atoms with Crippen LogP contribution in [0.5, 0.6) is 0 Å². The Morgan fingerprint density at radius 3 is 2.48 bits per heavy atom. The van der Waals surface area contributed by atoms with E-state index in [0.29, 0.717) is 12.4 Å². The smallest absolute Gasteiger partial charge is 0.151 e. The second kappa shape index (κ2) is 6.43. The second-order valence-electron chi connectivity index (χ2n) is 6.17. The Balaban J connectivity index is 1.90. The van der Waals surface area contributed by atoms with Crippen molar-refractivity contribution in [3.8, 4) is 11.1 Å². The van der Waals surface area contributed by atoms with Crippen molar-refractivity contribution in [1.29, 1.82) is 0 Å². The highest BCUT2D eigenvalue weighted by Gasteiger charge is 2.13. The molecule has 25 heavy (non-hydrogen) atoms. The highest BCUT2D eigenvalue weighted by Crippen LogP contribution is 2.35. The fraction of sp³-hybridized carbons (Fsp3) is 0.200. The number of nitrogen functional groups attached to an aromatic ring is 1. The molecule has 0 amide bonds. The minimum Gasteiger partial charge on any atom is -0.382 e. The second-order valence-corrected chi connectivity index (χ2v) is 7.25. The van der Waals surface area contributed by atoms with Gasteiger partial charge in [0.15, 0.2) is 5.82 Å². The van der Waals surface area contributed by atoms with Crippen LogP contribution >= 0.6 is 11.3 Å². The lowest BCUT2D eigenvalue weighted by Crippen LogP contribution is -1.95. The van der Waals surface area contributed by atoms with Gasteiger partial charge in [-0.25, -0.2) is 9.97 Å². The van der Waals surface area contributed by atoms with Gasteiger partial charge >= 0.3 is 0 Å². The lowest BCUT2D eigenvalue weighted by Gasteiger charge is -2.06. The van der Waals surface area contributed by atoms with Crippen molar-refractivity contribution >= 4 is 38.3 Å². The molecule has 0 radical (unpaired) electrons. The van der Waals surface area contributed by atoms with E-state index in [0.717, 1.165) is 50.1 Å². The Kier molecular flexibility index (Phi) is 4.11. The van der Waals surface area contributed by atoms with Gasteiger partial charge in [0.2, 0.25) is 0 Å². The van der Waals surface area contributed by atoms with Crippen molar-refractivity contribution in [3.05, 3.63) is 53.0 Å². The van der Waals surface area contributed by atoms with Crippen LogP contribution in [-0.4, -0.2) is 9.97 Å². The zero-order chi connectivity index (χ0) is 17.4. The van der Waals surface area contributed by atoms with Crippen LogP contribution in [0.4, 0.5) is 5.82 Å². The molecule has 5 heteroatoms. The molecule has 0 bridgehead atoms. The van der Waals surface area contributed by atoms with Crippen molar-refractivity contribution in [2.24, 2.45) is 5.73 Å². The number of fused-ring (bicyclic) bond motifs is 3. The number of aromatic nitrogens is 2. The monoisotopic (exact) mass is 348 g/mol. The van der Waals surface area contributed by atoms with Crippen molar-refractivity contribution in [1.82, 2.24) is 9.97 Å². The van der Waals surface area contributed by atoms with Crippen molar-refractivity contribution < 1.29 is 0 Å². The number of aryl methyl sites for hydroxylation is 1. The lowest BCUT2D eigenvalue weighted by atomic mass is 10.0. The Morgan fingerprint density at radius 1 is 1.00 bits per heavy atom. The first kappa shape index (κ1) is 16.0. The topological polar surface area (TPSA) is 77.8 Å². The number of benzene rings is 2. The number of hydrogen-bond acceptors (Lipinski definition) is 5. The molecule has 0 aliphatic carbocycles. The molecule has 0 spiro atoms. The Bertz CT molecular complexity index is 1050. The third kappa shape index (κ3) is 2.86. The number of nitrogens with two attached hydrogens (primary N) is 2. The van der Waals surface area contributed by atoms with Gasteiger partial charge in [-0.1, -0.05) is 37.3 Å². The summed E-state index contributed by atoms with van der Waals surface area (Å²) in [5, 5.41) is 2.24. The summed E-state index contributed by atoms with van der Waals surface area (Å²) in [5.41, 5.74) is 17.0. The Labute approximate surface area is 150 Å². The summed E-state index contributed by atoms with van der Waals surface area (Å²) in [6.07, 6.45) is 2.05. The molecule has 0 saturated heterocycles. The minimum absolute atomic E-state index is 0.515. The van der Waals surface area contributed by atoms with Crippen LogP contribution in [0.1, 0.15) is 23.9 Å². The number of nitrogens with zero attached hydrogens (tertiary/aromatic N) is 2. The number of thiazole rings is 1. The highest BCUT2D eigenvalue weighted by molar-refractivity contribution is 7.19. The van der Waals surface area contributed by atoms with Gasteiger partial charge in [0.25, 0.3) is 0 Å². The minimum atomic E-state index is 0.515. The van der Waals surface area contributed by atoms with E-state index in [4.69, 9.17) is 16.5 Å². The molecule has 2 heterocycles. The standard InChI is InChI=1S/C20H20N4S/c1-2-3-17-24-18-19(25-17)15-10-14(8-9-16(15)23-20(18)22)13-6-4-12(11-21)5-7-13/h4-10H,2-3,11,21H2,1H3,(H2,22,23). The maximum atomic E-state index is 6.13. The van der Waals surface area contributed by atoms with Gasteiger partial charge in [-0.05, 0) is 41.7 Å². The number of hydrogen-bond donors (Lipinski definition) is 2. The van der Waals surface area contributed by atoms with E-state index in [-0.39, 0.29) is 0 Å². The van der Waals surface area contributed by atoms with E-state index < -0.39 is 0 Å². The van der Waals surface area contributed by atoms with E-state index in [2.05, 4.69) is 48.3 Å². The molecule has 0 unspecified atom stereocenters. The molecule has 0 saturated carbocycles. The van der Waals surface area contributed by atoms with Crippen LogP contribution in [0.3, 0.4) is 0 Å². The zero-order valence-electron chi connectivity index (χ0n) is 14.1. The number of anilines is 1. The van der Waals surface area contributed by atoms with Crippen LogP contribution in [0.2, 0.25) is 0 Å². The van der Waals surface area contributed by atoms with Crippen LogP contribution in [-0.2, 0) is 13.0 Å². The fourth-order valence-electron chi connectivity index (χ4n) is 3.05. The van der Waals surface area contributed by atoms with E-state index in [1.165, 1.54) is 5.56 Å². The molecular weight excluding hydrogens is 328 g/mol. The summed E-state index contributed by atoms with van der Waals surface area (Å²) >= 11 is 1.73. The quantitative estimate of drug-likeness (QED) is 0.569. The SMILES string of the molecule is CCCc1nc2c(N)nc3ccc(-c4ccc(CN)cc4)cc3c2s1. The molecule has 126 valence electrons. The molecule has 2 aromatic carbocycles. The molecule has 4 nitrogen and oxygen atoms in total. The number of pyridine rings is 1. The van der Waals surface area contributed by atoms with E-state index in [1.807, 2.05) is 6.07 Å². The summed E-state index contributed by atoms with van der Waals surface area (Å²) in [7, 11) is 0. The van der Waals surface area contributed by atoms with Gasteiger partial charge in [0, 0.05) is 11.9 Å². The molecule has 0 aliphatic rings. The number of rotatable bonds is 4. The highest BCUT2D eigenvalue weighted by atomic mass is 32.1. The zero-order valence-corrected chi connectivity index (χ0v) is 14.9. The van der Waals surface area contributed by atoms with Crippen LogP contribution in [0.15, 0.2) is 42.5 Å². The van der Waals surface area contributed by atoms with Crippen molar-refractivity contribution in [2.45, 2.75) is 26.3 Å². The first-order valence-electron chi connectivity index (χ1n) is 8.47. The van der Waals surface area contributed by atoms with E-state index in [1.54, 1.807) is 11.3 Å². The summed E-state index contributed by atoms with van der Waals surface area (Å²) < 4.78 is 1.13. The third-order valence-corrected chi connectivity index (χ3v) is 5.53. The largest absolute Gasteiger partial charge is 0.382 e. The lowest BCUT2D eigenvalue weighted by molar-refractivity contribution is 0.913. The first-order valence-corrected chi connectivity index (χ1v) is 9.29. The summed E-state index contributed by atoms with van der Waals surface area (Å²) in [4.78, 5) is 9.24. The Hall–Kier alpha value is -2.50. The van der Waals surface area contributed by atoms with Crippen LogP contribution < -0.4 is 11.5 Å². The summed E-state index contributed by atoms with van der Waals surface area (Å²) in [6.45, 7) is 2.72. The van der Waals surface area contributed by atoms with Crippen LogP contribution in [0.25, 0.3) is 32.2 Å². The van der Waals surface area contributed by atoms with Gasteiger partial charge in [-0.15, -0.1) is 11.3 Å². The molecule has 4 aromatic rings. The molecule has 0 fully saturated rings. The Morgan fingerprint density at radius 2 is 1.76 bits per heavy atom. The van der Waals surface area contributed by atoms with Gasteiger partial charge in [-0.3, -0.25) is 0 Å². The van der Waals surface area contributed by atoms with Gasteiger partial charge in [-0.2, -0.15) is 0 Å². The van der Waals surface area contributed by atoms with Gasteiger partial charge in [0.1, 0.15) is 5.52 Å².